The lowest BCUT2D eigenvalue weighted by Crippen LogP contribution is -1.75. The van der Waals surface area contributed by atoms with Gasteiger partial charge in [-0.2, -0.15) is 5.10 Å². The summed E-state index contributed by atoms with van der Waals surface area (Å²) < 4.78 is 1.62. The second-order valence-corrected chi connectivity index (χ2v) is 2.13. The standard InChI is InChI=1S/C4H2N3S/c1-2-7-4(5-1)8-3-6-7/h1,3H. The second kappa shape index (κ2) is 1.29. The first-order chi connectivity index (χ1) is 3.97. The van der Waals surface area contributed by atoms with E-state index in [1.807, 2.05) is 0 Å². The van der Waals surface area contributed by atoms with Crippen molar-refractivity contribution >= 4 is 16.3 Å². The van der Waals surface area contributed by atoms with Crippen molar-refractivity contribution in [2.24, 2.45) is 0 Å². The van der Waals surface area contributed by atoms with Gasteiger partial charge < -0.3 is 0 Å². The van der Waals surface area contributed by atoms with Gasteiger partial charge in [0, 0.05) is 0 Å². The molecule has 0 aromatic carbocycles. The van der Waals surface area contributed by atoms with Crippen LogP contribution in [0.3, 0.4) is 0 Å². The molecule has 0 spiro atoms. The van der Waals surface area contributed by atoms with E-state index in [9.17, 15) is 0 Å². The SMILES string of the molecule is [c]1cnc2scnn12. The van der Waals surface area contributed by atoms with E-state index in [4.69, 9.17) is 0 Å². The van der Waals surface area contributed by atoms with Gasteiger partial charge in [-0.1, -0.05) is 11.3 Å². The summed E-state index contributed by atoms with van der Waals surface area (Å²) >= 11 is 1.50. The number of hydrogen-bond acceptors (Lipinski definition) is 3. The maximum Gasteiger partial charge on any atom is 0.212 e. The lowest BCUT2D eigenvalue weighted by molar-refractivity contribution is 0.966. The molecule has 0 aliphatic rings. The Morgan fingerprint density at radius 1 is 1.75 bits per heavy atom. The summed E-state index contributed by atoms with van der Waals surface area (Å²) in [6.07, 6.45) is 4.41. The lowest BCUT2D eigenvalue weighted by atomic mass is 11.0. The Bertz CT molecular complexity index is 233. The topological polar surface area (TPSA) is 30.2 Å². The molecule has 0 saturated heterocycles. The molecule has 0 unspecified atom stereocenters. The highest BCUT2D eigenvalue weighted by atomic mass is 32.1. The van der Waals surface area contributed by atoms with Gasteiger partial charge in [0.1, 0.15) is 11.7 Å². The molecule has 2 rings (SSSR count). The first-order valence-corrected chi connectivity index (χ1v) is 3.00. The molecule has 0 aliphatic heterocycles. The highest BCUT2D eigenvalue weighted by molar-refractivity contribution is 7.14. The number of nitrogens with zero attached hydrogens (tertiary/aromatic N) is 3. The summed E-state index contributed by atoms with van der Waals surface area (Å²) in [7, 11) is 0. The number of imidazole rings is 1. The van der Waals surface area contributed by atoms with Gasteiger partial charge in [-0.3, -0.25) is 0 Å². The van der Waals surface area contributed by atoms with Crippen LogP contribution in [0.4, 0.5) is 0 Å². The number of fused-ring (bicyclic) bond motifs is 1. The average molecular weight is 124 g/mol. The van der Waals surface area contributed by atoms with Crippen LogP contribution in [0.2, 0.25) is 0 Å². The fraction of sp³-hybridized carbons (Fsp3) is 0. The highest BCUT2D eigenvalue weighted by Gasteiger charge is 1.91. The molecule has 1 radical (unpaired) electrons. The number of aromatic nitrogens is 3. The Morgan fingerprint density at radius 2 is 2.75 bits per heavy atom. The Kier molecular flexibility index (Phi) is 0.648. The molecular formula is C4H2N3S. The summed E-state index contributed by atoms with van der Waals surface area (Å²) in [5.41, 5.74) is 1.73. The zero-order chi connectivity index (χ0) is 5.40. The molecule has 0 N–H and O–H groups in total. The van der Waals surface area contributed by atoms with Crippen molar-refractivity contribution in [3.05, 3.63) is 17.9 Å². The van der Waals surface area contributed by atoms with Crippen molar-refractivity contribution in [3.8, 4) is 0 Å². The lowest BCUT2D eigenvalue weighted by Gasteiger charge is -1.68. The maximum atomic E-state index is 3.94. The first kappa shape index (κ1) is 4.03. The van der Waals surface area contributed by atoms with Gasteiger partial charge in [0.15, 0.2) is 0 Å². The summed E-state index contributed by atoms with van der Waals surface area (Å²) in [6, 6.07) is 0. The molecule has 39 valence electrons. The van der Waals surface area contributed by atoms with Crippen LogP contribution in [-0.2, 0) is 0 Å². The van der Waals surface area contributed by atoms with Gasteiger partial charge in [-0.25, -0.2) is 9.50 Å². The fourth-order valence-electron chi connectivity index (χ4n) is 0.530. The molecule has 0 fully saturated rings. The summed E-state index contributed by atoms with van der Waals surface area (Å²) in [4.78, 5) is 4.84. The first-order valence-electron chi connectivity index (χ1n) is 2.12. The van der Waals surface area contributed by atoms with Crippen LogP contribution >= 0.6 is 11.3 Å². The van der Waals surface area contributed by atoms with E-state index in [-0.39, 0.29) is 0 Å². The van der Waals surface area contributed by atoms with Crippen LogP contribution < -0.4 is 0 Å². The molecule has 0 amide bonds. The Balaban J connectivity index is 3.06. The predicted octanol–water partition coefficient (Wildman–Crippen LogP) is 0.591. The molecule has 0 atom stereocenters. The monoisotopic (exact) mass is 124 g/mol. The van der Waals surface area contributed by atoms with Gasteiger partial charge >= 0.3 is 0 Å². The Hall–Kier alpha value is -0.900. The summed E-state index contributed by atoms with van der Waals surface area (Å²) in [5, 5.41) is 3.90. The third kappa shape index (κ3) is 0.376. The van der Waals surface area contributed by atoms with Gasteiger partial charge in [-0.15, -0.1) is 0 Å². The quantitative estimate of drug-likeness (QED) is 0.514. The maximum absolute atomic E-state index is 3.94. The van der Waals surface area contributed by atoms with Crippen LogP contribution in [0, 0.1) is 6.20 Å². The van der Waals surface area contributed by atoms with E-state index >= 15 is 0 Å². The molecule has 4 heteroatoms. The van der Waals surface area contributed by atoms with E-state index in [1.54, 1.807) is 16.2 Å². The second-order valence-electron chi connectivity index (χ2n) is 1.32. The Morgan fingerprint density at radius 3 is 3.62 bits per heavy atom. The zero-order valence-electron chi connectivity index (χ0n) is 3.90. The van der Waals surface area contributed by atoms with E-state index in [1.165, 1.54) is 11.3 Å². The van der Waals surface area contributed by atoms with Crippen molar-refractivity contribution in [1.29, 1.82) is 0 Å². The van der Waals surface area contributed by atoms with Crippen LogP contribution in [0.15, 0.2) is 11.7 Å². The predicted molar refractivity (Wildman–Crippen MR) is 29.7 cm³/mol. The minimum absolute atomic E-state index is 0.894. The Labute approximate surface area is 49.6 Å². The molecule has 2 aromatic rings. The average Bonchev–Trinajstić information content (AvgIpc) is 2.15. The molecule has 0 bridgehead atoms. The van der Waals surface area contributed by atoms with Crippen molar-refractivity contribution in [3.63, 3.8) is 0 Å². The van der Waals surface area contributed by atoms with E-state index < -0.39 is 0 Å². The molecular weight excluding hydrogens is 122 g/mol. The third-order valence-corrected chi connectivity index (χ3v) is 1.55. The zero-order valence-corrected chi connectivity index (χ0v) is 4.72. The van der Waals surface area contributed by atoms with Crippen molar-refractivity contribution < 1.29 is 0 Å². The van der Waals surface area contributed by atoms with Gasteiger partial charge in [0.25, 0.3) is 0 Å². The van der Waals surface area contributed by atoms with Crippen LogP contribution in [0.25, 0.3) is 4.96 Å². The fourth-order valence-corrected chi connectivity index (χ4v) is 1.08. The van der Waals surface area contributed by atoms with Crippen LogP contribution in [-0.4, -0.2) is 14.6 Å². The molecule has 2 heterocycles. The smallest absolute Gasteiger partial charge is 0.212 e. The number of hydrogen-bond donors (Lipinski definition) is 0. The molecule has 8 heavy (non-hydrogen) atoms. The third-order valence-electron chi connectivity index (χ3n) is 0.857. The van der Waals surface area contributed by atoms with Crippen molar-refractivity contribution in [2.75, 3.05) is 0 Å². The van der Waals surface area contributed by atoms with E-state index in [0.29, 0.717) is 0 Å². The van der Waals surface area contributed by atoms with Gasteiger partial charge in [-0.05, 0) is 0 Å². The molecule has 0 aliphatic carbocycles. The minimum atomic E-state index is 0.894. The molecule has 2 aromatic heterocycles. The highest BCUT2D eigenvalue weighted by Crippen LogP contribution is 2.02. The van der Waals surface area contributed by atoms with Crippen molar-refractivity contribution in [1.82, 2.24) is 14.6 Å². The van der Waals surface area contributed by atoms with Gasteiger partial charge in [0.2, 0.25) is 4.96 Å². The molecule has 0 saturated carbocycles. The molecule has 3 nitrogen and oxygen atoms in total. The minimum Gasteiger partial charge on any atom is -0.225 e. The summed E-state index contributed by atoms with van der Waals surface area (Å²) in [5.74, 6) is 0. The largest absolute Gasteiger partial charge is 0.225 e. The van der Waals surface area contributed by atoms with Crippen LogP contribution in [0.5, 0.6) is 0 Å². The normalized spacial score (nSPS) is 10.5. The van der Waals surface area contributed by atoms with Crippen LogP contribution in [0.1, 0.15) is 0 Å². The number of rotatable bonds is 0. The van der Waals surface area contributed by atoms with Crippen molar-refractivity contribution in [2.45, 2.75) is 0 Å². The van der Waals surface area contributed by atoms with Gasteiger partial charge in [0.05, 0.1) is 6.20 Å². The van der Waals surface area contributed by atoms with E-state index in [2.05, 4.69) is 16.3 Å². The van der Waals surface area contributed by atoms with E-state index in [0.717, 1.165) is 4.96 Å². The summed E-state index contributed by atoms with van der Waals surface area (Å²) in [6.45, 7) is 0.